The summed E-state index contributed by atoms with van der Waals surface area (Å²) in [7, 11) is 0. The first kappa shape index (κ1) is 20.7. The zero-order valence-electron chi connectivity index (χ0n) is 16.8. The number of amides is 2. The zero-order chi connectivity index (χ0) is 20.5. The molecular formula is C23H28N2O4. The van der Waals surface area contributed by atoms with Gasteiger partial charge in [0.05, 0.1) is 6.61 Å². The fourth-order valence-corrected chi connectivity index (χ4v) is 3.35. The van der Waals surface area contributed by atoms with Crippen LogP contribution in [0.4, 0.5) is 0 Å². The standard InChI is InChI=1S/C23H28N2O4/c1-2-28-21-10-8-19(9-11-21)23(27)24-16-18-12-14-25(15-13-18)22(26)17-29-20-6-4-3-5-7-20/h3-11,18H,2,12-17H2,1H3,(H,24,27). The van der Waals surface area contributed by atoms with E-state index in [0.29, 0.717) is 43.5 Å². The summed E-state index contributed by atoms with van der Waals surface area (Å²) in [5.74, 6) is 1.76. The smallest absolute Gasteiger partial charge is 0.260 e. The van der Waals surface area contributed by atoms with E-state index >= 15 is 0 Å². The van der Waals surface area contributed by atoms with Gasteiger partial charge in [0.1, 0.15) is 11.5 Å². The maximum atomic E-state index is 12.3. The van der Waals surface area contributed by atoms with E-state index in [-0.39, 0.29) is 18.4 Å². The van der Waals surface area contributed by atoms with Crippen LogP contribution in [0.5, 0.6) is 11.5 Å². The molecule has 0 bridgehead atoms. The number of hydrogen-bond donors (Lipinski definition) is 1. The van der Waals surface area contributed by atoms with Gasteiger partial charge in [-0.3, -0.25) is 9.59 Å². The predicted molar refractivity (Wildman–Crippen MR) is 111 cm³/mol. The third-order valence-corrected chi connectivity index (χ3v) is 5.05. The van der Waals surface area contributed by atoms with Crippen LogP contribution < -0.4 is 14.8 Å². The van der Waals surface area contributed by atoms with Crippen LogP contribution in [0.1, 0.15) is 30.1 Å². The van der Waals surface area contributed by atoms with E-state index in [0.717, 1.165) is 18.6 Å². The molecule has 1 saturated heterocycles. The van der Waals surface area contributed by atoms with Gasteiger partial charge in [-0.15, -0.1) is 0 Å². The minimum Gasteiger partial charge on any atom is -0.494 e. The Kier molecular flexibility index (Phi) is 7.50. The second kappa shape index (κ2) is 10.5. The molecule has 0 spiro atoms. The fraction of sp³-hybridized carbons (Fsp3) is 0.391. The van der Waals surface area contributed by atoms with Crippen LogP contribution in [0.2, 0.25) is 0 Å². The first-order chi connectivity index (χ1) is 14.2. The number of ether oxygens (including phenoxy) is 2. The molecule has 2 aromatic carbocycles. The Morgan fingerprint density at radius 2 is 1.62 bits per heavy atom. The average molecular weight is 396 g/mol. The molecule has 1 aliphatic heterocycles. The van der Waals surface area contributed by atoms with Crippen molar-refractivity contribution in [3.8, 4) is 11.5 Å². The summed E-state index contributed by atoms with van der Waals surface area (Å²) in [6.45, 7) is 4.60. The lowest BCUT2D eigenvalue weighted by Crippen LogP contribution is -2.43. The average Bonchev–Trinajstić information content (AvgIpc) is 2.77. The number of hydrogen-bond acceptors (Lipinski definition) is 4. The third-order valence-electron chi connectivity index (χ3n) is 5.05. The Hall–Kier alpha value is -3.02. The van der Waals surface area contributed by atoms with Gasteiger partial charge < -0.3 is 19.7 Å². The molecule has 154 valence electrons. The van der Waals surface area contributed by atoms with Crippen molar-refractivity contribution in [3.05, 3.63) is 60.2 Å². The maximum Gasteiger partial charge on any atom is 0.260 e. The lowest BCUT2D eigenvalue weighted by Gasteiger charge is -2.32. The number of carbonyl (C=O) groups is 2. The molecule has 1 aliphatic rings. The van der Waals surface area contributed by atoms with Crippen molar-refractivity contribution >= 4 is 11.8 Å². The molecule has 29 heavy (non-hydrogen) atoms. The van der Waals surface area contributed by atoms with Gasteiger partial charge in [-0.1, -0.05) is 18.2 Å². The van der Waals surface area contributed by atoms with Crippen molar-refractivity contribution in [2.75, 3.05) is 32.8 Å². The second-order valence-electron chi connectivity index (χ2n) is 7.09. The molecule has 2 amide bonds. The predicted octanol–water partition coefficient (Wildman–Crippen LogP) is 3.13. The lowest BCUT2D eigenvalue weighted by atomic mass is 9.96. The first-order valence-corrected chi connectivity index (χ1v) is 10.1. The maximum absolute atomic E-state index is 12.3. The molecule has 1 heterocycles. The van der Waals surface area contributed by atoms with Gasteiger partial charge in [0, 0.05) is 25.2 Å². The summed E-state index contributed by atoms with van der Waals surface area (Å²) in [6, 6.07) is 16.5. The number of carbonyl (C=O) groups excluding carboxylic acids is 2. The molecular weight excluding hydrogens is 368 g/mol. The number of piperidine rings is 1. The summed E-state index contributed by atoms with van der Waals surface area (Å²) >= 11 is 0. The van der Waals surface area contributed by atoms with Gasteiger partial charge in [-0.2, -0.15) is 0 Å². The van der Waals surface area contributed by atoms with Crippen molar-refractivity contribution < 1.29 is 19.1 Å². The molecule has 0 unspecified atom stereocenters. The molecule has 6 nitrogen and oxygen atoms in total. The van der Waals surface area contributed by atoms with Crippen LogP contribution in [-0.4, -0.2) is 49.6 Å². The van der Waals surface area contributed by atoms with E-state index < -0.39 is 0 Å². The van der Waals surface area contributed by atoms with Crippen molar-refractivity contribution in [1.82, 2.24) is 10.2 Å². The number of benzene rings is 2. The molecule has 0 aliphatic carbocycles. The van der Waals surface area contributed by atoms with Crippen LogP contribution in [0.25, 0.3) is 0 Å². The summed E-state index contributed by atoms with van der Waals surface area (Å²) < 4.78 is 10.9. The Bertz CT molecular complexity index is 784. The lowest BCUT2D eigenvalue weighted by molar-refractivity contribution is -0.134. The number of nitrogens with one attached hydrogen (secondary N) is 1. The minimum absolute atomic E-state index is 0.00530. The van der Waals surface area contributed by atoms with Crippen LogP contribution in [0, 0.1) is 5.92 Å². The normalized spacial score (nSPS) is 14.3. The van der Waals surface area contributed by atoms with Crippen molar-refractivity contribution in [2.24, 2.45) is 5.92 Å². The van der Waals surface area contributed by atoms with E-state index in [1.54, 1.807) is 24.3 Å². The summed E-state index contributed by atoms with van der Waals surface area (Å²) in [6.07, 6.45) is 1.75. The Balaban J connectivity index is 1.37. The molecule has 0 radical (unpaired) electrons. The highest BCUT2D eigenvalue weighted by atomic mass is 16.5. The summed E-state index contributed by atoms with van der Waals surface area (Å²) in [5.41, 5.74) is 0.624. The van der Waals surface area contributed by atoms with Gasteiger partial charge in [-0.05, 0) is 62.1 Å². The number of rotatable bonds is 8. The van der Waals surface area contributed by atoms with E-state index in [9.17, 15) is 9.59 Å². The number of para-hydroxylation sites is 1. The van der Waals surface area contributed by atoms with E-state index in [4.69, 9.17) is 9.47 Å². The van der Waals surface area contributed by atoms with E-state index in [1.807, 2.05) is 42.2 Å². The molecule has 6 heteroatoms. The molecule has 0 atom stereocenters. The largest absolute Gasteiger partial charge is 0.494 e. The minimum atomic E-state index is -0.0807. The Morgan fingerprint density at radius 3 is 2.28 bits per heavy atom. The highest BCUT2D eigenvalue weighted by molar-refractivity contribution is 5.94. The molecule has 1 N–H and O–H groups in total. The topological polar surface area (TPSA) is 67.9 Å². The van der Waals surface area contributed by atoms with Crippen LogP contribution in [0.3, 0.4) is 0 Å². The van der Waals surface area contributed by atoms with Crippen LogP contribution in [0.15, 0.2) is 54.6 Å². The van der Waals surface area contributed by atoms with Gasteiger partial charge in [-0.25, -0.2) is 0 Å². The van der Waals surface area contributed by atoms with Crippen molar-refractivity contribution in [1.29, 1.82) is 0 Å². The summed E-state index contributed by atoms with van der Waals surface area (Å²) in [4.78, 5) is 26.5. The van der Waals surface area contributed by atoms with E-state index in [2.05, 4.69) is 5.32 Å². The Morgan fingerprint density at radius 1 is 0.966 bits per heavy atom. The molecule has 0 aromatic heterocycles. The molecule has 2 aromatic rings. The van der Waals surface area contributed by atoms with Gasteiger partial charge in [0.25, 0.3) is 11.8 Å². The van der Waals surface area contributed by atoms with Crippen LogP contribution in [-0.2, 0) is 4.79 Å². The van der Waals surface area contributed by atoms with Gasteiger partial charge in [0.2, 0.25) is 0 Å². The molecule has 1 fully saturated rings. The fourth-order valence-electron chi connectivity index (χ4n) is 3.35. The Labute approximate surface area is 171 Å². The van der Waals surface area contributed by atoms with Crippen LogP contribution >= 0.6 is 0 Å². The van der Waals surface area contributed by atoms with Crippen molar-refractivity contribution in [3.63, 3.8) is 0 Å². The number of nitrogens with zero attached hydrogens (tertiary/aromatic N) is 1. The second-order valence-corrected chi connectivity index (χ2v) is 7.09. The monoisotopic (exact) mass is 396 g/mol. The quantitative estimate of drug-likeness (QED) is 0.744. The molecule has 0 saturated carbocycles. The van der Waals surface area contributed by atoms with Gasteiger partial charge >= 0.3 is 0 Å². The summed E-state index contributed by atoms with van der Waals surface area (Å²) in [5, 5.41) is 3.00. The number of likely N-dealkylation sites (tertiary alicyclic amines) is 1. The highest BCUT2D eigenvalue weighted by Gasteiger charge is 2.23. The first-order valence-electron chi connectivity index (χ1n) is 10.1. The zero-order valence-corrected chi connectivity index (χ0v) is 16.8. The van der Waals surface area contributed by atoms with E-state index in [1.165, 1.54) is 0 Å². The molecule has 3 rings (SSSR count). The van der Waals surface area contributed by atoms with Gasteiger partial charge in [0.15, 0.2) is 6.61 Å². The highest BCUT2D eigenvalue weighted by Crippen LogP contribution is 2.18. The van der Waals surface area contributed by atoms with Crippen molar-refractivity contribution in [2.45, 2.75) is 19.8 Å². The third kappa shape index (κ3) is 6.24. The SMILES string of the molecule is CCOc1ccc(C(=O)NCC2CCN(C(=O)COc3ccccc3)CC2)cc1.